The van der Waals surface area contributed by atoms with Gasteiger partial charge in [-0.2, -0.15) is 0 Å². The summed E-state index contributed by atoms with van der Waals surface area (Å²) in [6.45, 7) is 3.44. The monoisotopic (exact) mass is 142 g/mol. The summed E-state index contributed by atoms with van der Waals surface area (Å²) in [5, 5.41) is 8.06. The van der Waals surface area contributed by atoms with E-state index >= 15 is 0 Å². The van der Waals surface area contributed by atoms with E-state index in [1.54, 1.807) is 13.8 Å². The van der Waals surface area contributed by atoms with Crippen LogP contribution in [0.15, 0.2) is 0 Å². The van der Waals surface area contributed by atoms with E-state index in [2.05, 4.69) is 0 Å². The molecule has 3 N–H and O–H groups in total. The van der Waals surface area contributed by atoms with Gasteiger partial charge in [0.2, 0.25) is 0 Å². The zero-order valence-corrected chi connectivity index (χ0v) is 5.83. The van der Waals surface area contributed by atoms with Crippen LogP contribution in [0.4, 0.5) is 0 Å². The Hall–Kier alpha value is 0.110. The second kappa shape index (κ2) is 7.11. The summed E-state index contributed by atoms with van der Waals surface area (Å²) in [5.41, 5.74) is 0. The summed E-state index contributed by atoms with van der Waals surface area (Å²) in [6, 6.07) is 0. The summed E-state index contributed by atoms with van der Waals surface area (Å²) >= 11 is 0. The molecule has 0 saturated heterocycles. The summed E-state index contributed by atoms with van der Waals surface area (Å²) in [5.74, 6) is 0. The molecule has 4 nitrogen and oxygen atoms in total. The molecule has 8 heavy (non-hydrogen) atoms. The molecule has 0 heterocycles. The molecule has 0 bridgehead atoms. The van der Waals surface area contributed by atoms with E-state index in [9.17, 15) is 0 Å². The van der Waals surface area contributed by atoms with Gasteiger partial charge in [0.1, 0.15) is 0 Å². The minimum Gasteiger partial charge on any atom is -0.394 e. The molecule has 0 aromatic heterocycles. The van der Waals surface area contributed by atoms with Gasteiger partial charge >= 0.3 is 8.25 Å². The third kappa shape index (κ3) is 13200. The van der Waals surface area contributed by atoms with Gasteiger partial charge in [-0.05, 0) is 13.8 Å². The average molecular weight is 142 g/mol. The van der Waals surface area contributed by atoms with E-state index in [1.807, 2.05) is 0 Å². The van der Waals surface area contributed by atoms with Gasteiger partial charge < -0.3 is 14.9 Å². The first-order chi connectivity index (χ1) is 3.46. The Kier molecular flexibility index (Phi) is 9.76. The number of hydrogen-bond donors (Lipinski definition) is 3. The molecule has 0 aromatic rings. The van der Waals surface area contributed by atoms with Crippen LogP contribution in [-0.2, 0) is 4.57 Å². The number of aliphatic hydroxyl groups excluding tert-OH is 1. The van der Waals surface area contributed by atoms with Gasteiger partial charge in [-0.25, -0.2) is 0 Å². The van der Waals surface area contributed by atoms with E-state index in [0.717, 1.165) is 0 Å². The van der Waals surface area contributed by atoms with E-state index in [0.29, 0.717) is 0 Å². The quantitative estimate of drug-likeness (QED) is 0.407. The summed E-state index contributed by atoms with van der Waals surface area (Å²) in [7, 11) is -3.13. The lowest BCUT2D eigenvalue weighted by molar-refractivity contribution is 0.216. The van der Waals surface area contributed by atoms with E-state index < -0.39 is 8.25 Å². The van der Waals surface area contributed by atoms with E-state index in [1.165, 1.54) is 0 Å². The van der Waals surface area contributed by atoms with Crippen LogP contribution in [0.25, 0.3) is 0 Å². The van der Waals surface area contributed by atoms with Crippen LogP contribution in [0.3, 0.4) is 0 Å². The van der Waals surface area contributed by atoms with Gasteiger partial charge in [0.15, 0.2) is 0 Å². The topological polar surface area (TPSA) is 77.8 Å². The molecule has 5 heteroatoms. The van der Waals surface area contributed by atoms with Crippen LogP contribution >= 0.6 is 8.25 Å². The van der Waals surface area contributed by atoms with Gasteiger partial charge in [0.25, 0.3) is 0 Å². The second-order valence-electron chi connectivity index (χ2n) is 1.38. The van der Waals surface area contributed by atoms with Gasteiger partial charge in [0.05, 0.1) is 0 Å². The van der Waals surface area contributed by atoms with Crippen molar-refractivity contribution in [1.82, 2.24) is 0 Å². The van der Waals surface area contributed by atoms with Crippen molar-refractivity contribution in [2.24, 2.45) is 0 Å². The molecule has 0 aromatic carbocycles. The van der Waals surface area contributed by atoms with Crippen molar-refractivity contribution in [2.75, 3.05) is 0 Å². The molecule has 0 unspecified atom stereocenters. The molecule has 0 atom stereocenters. The first-order valence-electron chi connectivity index (χ1n) is 2.06. The van der Waals surface area contributed by atoms with E-state index in [-0.39, 0.29) is 6.10 Å². The Bertz CT molecular complexity index is 55.5. The van der Waals surface area contributed by atoms with Gasteiger partial charge in [-0.15, -0.1) is 0 Å². The molecule has 0 aliphatic carbocycles. The van der Waals surface area contributed by atoms with Crippen LogP contribution in [0.1, 0.15) is 13.8 Å². The molecule has 0 aliphatic heterocycles. The lowest BCUT2D eigenvalue weighted by Gasteiger charge is -1.80. The highest BCUT2D eigenvalue weighted by Crippen LogP contribution is 1.98. The predicted octanol–water partition coefficient (Wildman–Crippen LogP) is -0.252. The molecule has 0 rings (SSSR count). The minimum atomic E-state index is -3.13. The van der Waals surface area contributed by atoms with Crippen LogP contribution in [0, 0.1) is 0 Å². The van der Waals surface area contributed by atoms with Gasteiger partial charge in [-0.3, -0.25) is 4.57 Å². The Balaban J connectivity index is 0. The van der Waals surface area contributed by atoms with Crippen molar-refractivity contribution >= 4 is 8.25 Å². The maximum atomic E-state index is 8.74. The number of hydrogen-bond acceptors (Lipinski definition) is 2. The fraction of sp³-hybridized carbons (Fsp3) is 1.00. The van der Waals surface area contributed by atoms with Crippen LogP contribution in [0.5, 0.6) is 0 Å². The predicted molar refractivity (Wildman–Crippen MR) is 30.8 cm³/mol. The summed E-state index contributed by atoms with van der Waals surface area (Å²) < 4.78 is 8.74. The maximum Gasteiger partial charge on any atom is 0.314 e. The molecule has 0 radical (unpaired) electrons. The van der Waals surface area contributed by atoms with E-state index in [4.69, 9.17) is 19.5 Å². The maximum absolute atomic E-state index is 8.74. The van der Waals surface area contributed by atoms with Crippen LogP contribution < -0.4 is 0 Å². The molecule has 0 saturated carbocycles. The molecular formula is C3H11O4P. The third-order valence-electron chi connectivity index (χ3n) is 0. The van der Waals surface area contributed by atoms with Crippen molar-refractivity contribution in [2.45, 2.75) is 20.0 Å². The SMILES string of the molecule is CC(C)O.O=[PH](O)O. The molecule has 0 aliphatic rings. The largest absolute Gasteiger partial charge is 0.394 e. The molecular weight excluding hydrogens is 131 g/mol. The lowest BCUT2D eigenvalue weighted by Crippen LogP contribution is -1.85. The summed E-state index contributed by atoms with van der Waals surface area (Å²) in [6.07, 6.45) is -0.167. The van der Waals surface area contributed by atoms with Crippen molar-refractivity contribution in [3.05, 3.63) is 0 Å². The van der Waals surface area contributed by atoms with Crippen LogP contribution in [-0.4, -0.2) is 21.0 Å². The average Bonchev–Trinajstić information content (AvgIpc) is 1.25. The Morgan fingerprint density at radius 1 is 1.38 bits per heavy atom. The lowest BCUT2D eigenvalue weighted by atomic mass is 10.5. The molecule has 0 spiro atoms. The van der Waals surface area contributed by atoms with Crippen molar-refractivity contribution < 1.29 is 19.5 Å². The number of rotatable bonds is 0. The number of aliphatic hydroxyl groups is 1. The zero-order valence-electron chi connectivity index (χ0n) is 4.83. The molecule has 0 amide bonds. The highest BCUT2D eigenvalue weighted by atomic mass is 31.1. The van der Waals surface area contributed by atoms with Crippen molar-refractivity contribution in [3.63, 3.8) is 0 Å². The smallest absolute Gasteiger partial charge is 0.314 e. The minimum absolute atomic E-state index is 0.167. The molecule has 0 fully saturated rings. The first kappa shape index (κ1) is 11.0. The van der Waals surface area contributed by atoms with Gasteiger partial charge in [-0.1, -0.05) is 0 Å². The Morgan fingerprint density at radius 3 is 1.38 bits per heavy atom. The third-order valence-corrected chi connectivity index (χ3v) is 0. The fourth-order valence-corrected chi connectivity index (χ4v) is 0. The Labute approximate surface area is 48.7 Å². The first-order valence-corrected chi connectivity index (χ1v) is 3.37. The second-order valence-corrected chi connectivity index (χ2v) is 1.94. The van der Waals surface area contributed by atoms with Crippen molar-refractivity contribution in [3.8, 4) is 0 Å². The standard InChI is InChI=1S/C3H8O.H3O3P/c1-3(2)4;1-4(2)3/h3-4H,1-2H3;4H,(H2,1,2,3). The fourth-order valence-electron chi connectivity index (χ4n) is 0. The normalized spacial score (nSPS) is 8.88. The highest BCUT2D eigenvalue weighted by molar-refractivity contribution is 7.30. The molecule has 52 valence electrons. The zero-order chi connectivity index (χ0) is 7.15. The van der Waals surface area contributed by atoms with Crippen molar-refractivity contribution in [1.29, 1.82) is 0 Å². The Morgan fingerprint density at radius 2 is 1.38 bits per heavy atom. The van der Waals surface area contributed by atoms with Crippen LogP contribution in [0.2, 0.25) is 0 Å². The van der Waals surface area contributed by atoms with Gasteiger partial charge in [0, 0.05) is 6.10 Å². The summed E-state index contributed by atoms with van der Waals surface area (Å²) in [4.78, 5) is 14.3. The highest BCUT2D eigenvalue weighted by Gasteiger charge is 1.69.